The largest absolute Gasteiger partial charge is 0.842 e. The van der Waals surface area contributed by atoms with Gasteiger partial charge < -0.3 is 9.84 Å². The predicted molar refractivity (Wildman–Crippen MR) is 104 cm³/mol. The van der Waals surface area contributed by atoms with E-state index in [1.165, 1.54) is 11.5 Å². The second-order valence-electron chi connectivity index (χ2n) is 6.22. The van der Waals surface area contributed by atoms with Gasteiger partial charge in [0.25, 0.3) is 5.65 Å². The summed E-state index contributed by atoms with van der Waals surface area (Å²) < 4.78 is 8.27. The van der Waals surface area contributed by atoms with Crippen LogP contribution < -0.4 is 20.0 Å². The molecule has 28 heavy (non-hydrogen) atoms. The summed E-state index contributed by atoms with van der Waals surface area (Å²) in [7, 11) is 1.54. The standard InChI is InChI=1S/C21H16ClN3O3/c1-28-16-6-4-5-15(11-16)19-20(26)24-10-3-2-7-18(24)25(21(19)27)13-14-8-9-17(22)23-12-14/h2-12H,13H2,1H3. The molecule has 1 aromatic carbocycles. The third kappa shape index (κ3) is 3.18. The molecule has 0 amide bonds. The van der Waals surface area contributed by atoms with E-state index in [4.69, 9.17) is 16.3 Å². The molecule has 0 N–H and O–H groups in total. The molecule has 0 aliphatic rings. The van der Waals surface area contributed by atoms with E-state index in [1.54, 1.807) is 71.6 Å². The maximum absolute atomic E-state index is 13.3. The van der Waals surface area contributed by atoms with Crippen LogP contribution in [0.2, 0.25) is 5.15 Å². The number of hydrogen-bond donors (Lipinski definition) is 0. The number of methoxy groups -OCH3 is 1. The van der Waals surface area contributed by atoms with Gasteiger partial charge in [-0.25, -0.2) is 14.3 Å². The molecule has 0 bridgehead atoms. The van der Waals surface area contributed by atoms with E-state index < -0.39 is 0 Å². The smallest absolute Gasteiger partial charge is 0.349 e. The van der Waals surface area contributed by atoms with Gasteiger partial charge >= 0.3 is 5.56 Å². The number of pyridine rings is 2. The van der Waals surface area contributed by atoms with Crippen molar-refractivity contribution in [2.45, 2.75) is 6.54 Å². The van der Waals surface area contributed by atoms with Crippen LogP contribution in [0.1, 0.15) is 5.56 Å². The van der Waals surface area contributed by atoms with Gasteiger partial charge in [-0.1, -0.05) is 35.9 Å². The van der Waals surface area contributed by atoms with Crippen molar-refractivity contribution >= 4 is 17.2 Å². The number of hydrogen-bond acceptors (Lipinski definition) is 4. The summed E-state index contributed by atoms with van der Waals surface area (Å²) in [6.07, 6.45) is 3.27. The van der Waals surface area contributed by atoms with E-state index in [-0.39, 0.29) is 23.5 Å². The topological polar surface area (TPSA) is 70.5 Å². The molecule has 0 aliphatic heterocycles. The van der Waals surface area contributed by atoms with Crippen LogP contribution in [0.25, 0.3) is 16.8 Å². The molecule has 7 heteroatoms. The molecule has 0 aliphatic carbocycles. The fourth-order valence-electron chi connectivity index (χ4n) is 3.14. The van der Waals surface area contributed by atoms with Crippen molar-refractivity contribution in [3.05, 3.63) is 88.1 Å². The van der Waals surface area contributed by atoms with Crippen molar-refractivity contribution in [3.8, 4) is 22.8 Å². The van der Waals surface area contributed by atoms with Crippen LogP contribution in [0.4, 0.5) is 0 Å². The average Bonchev–Trinajstić information content (AvgIpc) is 2.73. The molecular weight excluding hydrogens is 378 g/mol. The van der Waals surface area contributed by atoms with Gasteiger partial charge in [-0.3, -0.25) is 0 Å². The van der Waals surface area contributed by atoms with Gasteiger partial charge in [0.15, 0.2) is 0 Å². The first kappa shape index (κ1) is 18.0. The highest BCUT2D eigenvalue weighted by Crippen LogP contribution is 2.25. The number of fused-ring (bicyclic) bond motifs is 1. The number of ether oxygens (including phenoxy) is 1. The Bertz CT molecular complexity index is 1220. The summed E-state index contributed by atoms with van der Waals surface area (Å²) in [5, 5.41) is 13.7. The molecule has 4 aromatic rings. The van der Waals surface area contributed by atoms with E-state index in [0.717, 1.165) is 5.56 Å². The fourth-order valence-corrected chi connectivity index (χ4v) is 3.25. The zero-order chi connectivity index (χ0) is 19.7. The van der Waals surface area contributed by atoms with Gasteiger partial charge in [0, 0.05) is 17.8 Å². The molecule has 0 saturated heterocycles. The van der Waals surface area contributed by atoms with E-state index >= 15 is 0 Å². The van der Waals surface area contributed by atoms with E-state index in [1.807, 2.05) is 0 Å². The molecule has 3 aromatic heterocycles. The summed E-state index contributed by atoms with van der Waals surface area (Å²) in [4.78, 5) is 17.1. The molecule has 0 unspecified atom stereocenters. The van der Waals surface area contributed by atoms with Gasteiger partial charge in [0.2, 0.25) is 0 Å². The van der Waals surface area contributed by atoms with Crippen molar-refractivity contribution < 1.29 is 14.4 Å². The van der Waals surface area contributed by atoms with E-state index in [9.17, 15) is 9.90 Å². The Kier molecular flexibility index (Phi) is 4.71. The summed E-state index contributed by atoms with van der Waals surface area (Å²) in [6, 6.07) is 15.7. The second-order valence-corrected chi connectivity index (χ2v) is 6.61. The maximum atomic E-state index is 13.3. The lowest BCUT2D eigenvalue weighted by molar-refractivity contribution is -0.708. The molecule has 3 heterocycles. The van der Waals surface area contributed by atoms with Gasteiger partial charge in [-0.05, 0) is 29.8 Å². The molecule has 140 valence electrons. The minimum absolute atomic E-state index is 0.0875. The Balaban J connectivity index is 1.98. The number of aromatic nitrogens is 3. The lowest BCUT2D eigenvalue weighted by Gasteiger charge is -2.17. The number of benzene rings is 1. The number of halogens is 1. The Hall–Kier alpha value is -3.38. The molecule has 6 nitrogen and oxygen atoms in total. The first-order chi connectivity index (χ1) is 13.6. The molecule has 0 fully saturated rings. The third-order valence-corrected chi connectivity index (χ3v) is 4.72. The predicted octanol–water partition coefficient (Wildman–Crippen LogP) is 2.43. The number of rotatable bonds is 4. The lowest BCUT2D eigenvalue weighted by atomic mass is 10.1. The van der Waals surface area contributed by atoms with E-state index in [0.29, 0.717) is 22.1 Å². The summed E-state index contributed by atoms with van der Waals surface area (Å²) >= 11 is 5.86. The Morgan fingerprint density at radius 3 is 2.79 bits per heavy atom. The molecule has 0 spiro atoms. The van der Waals surface area contributed by atoms with Crippen molar-refractivity contribution in [2.24, 2.45) is 0 Å². The van der Waals surface area contributed by atoms with Crippen LogP contribution in [0.3, 0.4) is 0 Å². The van der Waals surface area contributed by atoms with Crippen LogP contribution in [0.5, 0.6) is 11.6 Å². The first-order valence-electron chi connectivity index (χ1n) is 8.57. The van der Waals surface area contributed by atoms with E-state index in [2.05, 4.69) is 4.98 Å². The van der Waals surface area contributed by atoms with Gasteiger partial charge in [0.05, 0.1) is 19.2 Å². The van der Waals surface area contributed by atoms with Gasteiger partial charge in [-0.15, -0.1) is 0 Å². The molecule has 0 radical (unpaired) electrons. The third-order valence-electron chi connectivity index (χ3n) is 4.49. The van der Waals surface area contributed by atoms with Crippen LogP contribution in [-0.4, -0.2) is 16.5 Å². The highest BCUT2D eigenvalue weighted by atomic mass is 35.5. The lowest BCUT2D eigenvalue weighted by Crippen LogP contribution is -2.44. The second kappa shape index (κ2) is 7.32. The maximum Gasteiger partial charge on any atom is 0.349 e. The zero-order valence-electron chi connectivity index (χ0n) is 15.0. The Morgan fingerprint density at radius 1 is 1.18 bits per heavy atom. The minimum atomic E-state index is -0.376. The highest BCUT2D eigenvalue weighted by molar-refractivity contribution is 6.29. The molecular formula is C21H16ClN3O3. The van der Waals surface area contributed by atoms with Crippen molar-refractivity contribution in [1.29, 1.82) is 0 Å². The van der Waals surface area contributed by atoms with Crippen molar-refractivity contribution in [2.75, 3.05) is 7.11 Å². The highest BCUT2D eigenvalue weighted by Gasteiger charge is 2.20. The summed E-state index contributed by atoms with van der Waals surface area (Å²) in [6.45, 7) is 0.258. The molecule has 0 atom stereocenters. The summed E-state index contributed by atoms with van der Waals surface area (Å²) in [5.41, 5.74) is 1.52. The minimum Gasteiger partial charge on any atom is -0.842 e. The first-order valence-corrected chi connectivity index (χ1v) is 8.95. The van der Waals surface area contributed by atoms with Crippen LogP contribution in [-0.2, 0) is 6.54 Å². The SMILES string of the molecule is COc1cccc(-c2c([O-])[n+](Cc3ccc(Cl)nc3)c3ccccn3c2=O)c1. The molecule has 4 rings (SSSR count). The van der Waals surface area contributed by atoms with Crippen LogP contribution in [0.15, 0.2) is 71.8 Å². The fraction of sp³-hybridized carbons (Fsp3) is 0.0952. The Labute approximate surface area is 165 Å². The Morgan fingerprint density at radius 2 is 2.04 bits per heavy atom. The van der Waals surface area contributed by atoms with Crippen molar-refractivity contribution in [3.63, 3.8) is 0 Å². The summed E-state index contributed by atoms with van der Waals surface area (Å²) in [5.74, 6) is 0.197. The van der Waals surface area contributed by atoms with Crippen LogP contribution >= 0.6 is 11.6 Å². The zero-order valence-corrected chi connectivity index (χ0v) is 15.8. The monoisotopic (exact) mass is 393 g/mol. The molecule has 0 saturated carbocycles. The average molecular weight is 394 g/mol. The van der Waals surface area contributed by atoms with Crippen LogP contribution in [0, 0.1) is 0 Å². The number of nitrogens with zero attached hydrogens (tertiary/aromatic N) is 3. The van der Waals surface area contributed by atoms with Crippen molar-refractivity contribution in [1.82, 2.24) is 9.38 Å². The van der Waals surface area contributed by atoms with Gasteiger partial charge in [0.1, 0.15) is 23.0 Å². The quantitative estimate of drug-likeness (QED) is 0.394. The normalized spacial score (nSPS) is 10.9. The van der Waals surface area contributed by atoms with Gasteiger partial charge in [-0.2, -0.15) is 4.40 Å².